The Morgan fingerprint density at radius 1 is 1.32 bits per heavy atom. The minimum Gasteiger partial charge on any atom is -0.315 e. The van der Waals surface area contributed by atoms with Gasteiger partial charge in [0.15, 0.2) is 0 Å². The second kappa shape index (κ2) is 6.83. The van der Waals surface area contributed by atoms with Gasteiger partial charge in [0.1, 0.15) is 0 Å². The van der Waals surface area contributed by atoms with E-state index in [9.17, 15) is 0 Å². The molecule has 0 bridgehead atoms. The Hall–Kier alpha value is 0.290. The second-order valence-electron chi connectivity index (χ2n) is 5.27. The highest BCUT2D eigenvalue weighted by Crippen LogP contribution is 2.37. The van der Waals surface area contributed by atoms with E-state index in [2.05, 4.69) is 68.6 Å². The summed E-state index contributed by atoms with van der Waals surface area (Å²) in [5.74, 6) is 1.25. The lowest BCUT2D eigenvalue weighted by molar-refractivity contribution is 0.552. The van der Waals surface area contributed by atoms with Crippen molar-refractivity contribution >= 4 is 34.9 Å². The van der Waals surface area contributed by atoms with Crippen LogP contribution in [0.1, 0.15) is 29.4 Å². The van der Waals surface area contributed by atoms with Crippen LogP contribution in [0.15, 0.2) is 0 Å². The van der Waals surface area contributed by atoms with Crippen molar-refractivity contribution in [1.82, 2.24) is 10.3 Å². The van der Waals surface area contributed by atoms with Crippen molar-refractivity contribution in [2.24, 2.45) is 0 Å². The van der Waals surface area contributed by atoms with Crippen molar-refractivity contribution in [1.29, 1.82) is 0 Å². The zero-order valence-corrected chi connectivity index (χ0v) is 14.8. The predicted octanol–water partition coefficient (Wildman–Crippen LogP) is 3.52. The average molecular weight is 317 g/mol. The lowest BCUT2D eigenvalue weighted by Gasteiger charge is -2.35. The number of likely N-dealkylation sites (N-methyl/N-ethyl adjacent to an activating group) is 1. The number of rotatable bonds is 4. The average Bonchev–Trinajstić information content (AvgIpc) is 2.69. The highest BCUT2D eigenvalue weighted by molar-refractivity contribution is 8.07. The van der Waals surface area contributed by atoms with Gasteiger partial charge in [0.2, 0.25) is 0 Å². The molecule has 1 aromatic heterocycles. The number of hydrogen-bond donors (Lipinski definition) is 1. The summed E-state index contributed by atoms with van der Waals surface area (Å²) in [4.78, 5) is 6.05. The van der Waals surface area contributed by atoms with Crippen LogP contribution < -0.4 is 5.32 Å². The molecule has 4 unspecified atom stereocenters. The molecule has 0 aromatic carbocycles. The highest BCUT2D eigenvalue weighted by Gasteiger charge is 2.31. The fourth-order valence-electron chi connectivity index (χ4n) is 2.25. The molecular formula is C14H24N2S3. The quantitative estimate of drug-likeness (QED) is 0.919. The van der Waals surface area contributed by atoms with Crippen molar-refractivity contribution in [3.8, 4) is 0 Å². The molecule has 108 valence electrons. The standard InChI is InChI=1S/C14H24N2S3/c1-8-9(2)19-14(16-8)6-12(15-5)13-7-17-10(3)11(4)18-13/h10-13,15H,6-7H2,1-5H3. The summed E-state index contributed by atoms with van der Waals surface area (Å²) in [5, 5.41) is 7.03. The van der Waals surface area contributed by atoms with Gasteiger partial charge in [-0.1, -0.05) is 13.8 Å². The summed E-state index contributed by atoms with van der Waals surface area (Å²) >= 11 is 6.13. The second-order valence-corrected chi connectivity index (χ2v) is 9.59. The van der Waals surface area contributed by atoms with Crippen LogP contribution in [-0.2, 0) is 6.42 Å². The first-order valence-corrected chi connectivity index (χ1v) is 9.69. The zero-order chi connectivity index (χ0) is 14.0. The molecule has 1 saturated heterocycles. The van der Waals surface area contributed by atoms with E-state index in [1.807, 2.05) is 11.3 Å². The smallest absolute Gasteiger partial charge is 0.0946 e. The Labute approximate surface area is 129 Å². The van der Waals surface area contributed by atoms with E-state index in [1.54, 1.807) is 0 Å². The Bertz CT molecular complexity index is 399. The number of hydrogen-bond acceptors (Lipinski definition) is 5. The summed E-state index contributed by atoms with van der Waals surface area (Å²) in [7, 11) is 2.09. The normalized spacial score (nSPS) is 29.4. The van der Waals surface area contributed by atoms with Crippen LogP contribution in [0.25, 0.3) is 0 Å². The lowest BCUT2D eigenvalue weighted by atomic mass is 10.1. The van der Waals surface area contributed by atoms with E-state index >= 15 is 0 Å². The number of thioether (sulfide) groups is 2. The molecule has 1 aliphatic rings. The monoisotopic (exact) mass is 316 g/mol. The minimum absolute atomic E-state index is 0.539. The van der Waals surface area contributed by atoms with Gasteiger partial charge in [-0.2, -0.15) is 23.5 Å². The Kier molecular flexibility index (Phi) is 5.64. The first-order valence-electron chi connectivity index (χ1n) is 6.88. The third-order valence-corrected chi connectivity index (χ3v) is 8.51. The van der Waals surface area contributed by atoms with Gasteiger partial charge < -0.3 is 5.32 Å². The third-order valence-electron chi connectivity index (χ3n) is 3.86. The van der Waals surface area contributed by atoms with E-state index in [0.29, 0.717) is 11.3 Å². The van der Waals surface area contributed by atoms with E-state index in [-0.39, 0.29) is 0 Å². The summed E-state index contributed by atoms with van der Waals surface area (Å²) in [5.41, 5.74) is 1.20. The molecule has 0 spiro atoms. The maximum Gasteiger partial charge on any atom is 0.0946 e. The molecule has 2 heterocycles. The van der Waals surface area contributed by atoms with Gasteiger partial charge >= 0.3 is 0 Å². The molecule has 0 radical (unpaired) electrons. The van der Waals surface area contributed by atoms with E-state index in [4.69, 9.17) is 0 Å². The molecule has 1 fully saturated rings. The van der Waals surface area contributed by atoms with Crippen molar-refractivity contribution in [2.75, 3.05) is 12.8 Å². The Balaban J connectivity index is 2.00. The maximum atomic E-state index is 4.69. The molecule has 0 amide bonds. The van der Waals surface area contributed by atoms with Gasteiger partial charge in [-0.15, -0.1) is 11.3 Å². The van der Waals surface area contributed by atoms with E-state index in [1.165, 1.54) is 21.3 Å². The topological polar surface area (TPSA) is 24.9 Å². The van der Waals surface area contributed by atoms with Gasteiger partial charge in [0.05, 0.1) is 10.7 Å². The third kappa shape index (κ3) is 3.90. The minimum atomic E-state index is 0.539. The number of nitrogens with one attached hydrogen (secondary N) is 1. The van der Waals surface area contributed by atoms with E-state index in [0.717, 1.165) is 16.9 Å². The molecule has 0 aliphatic carbocycles. The van der Waals surface area contributed by atoms with Crippen LogP contribution >= 0.6 is 34.9 Å². The summed E-state index contributed by atoms with van der Waals surface area (Å²) < 4.78 is 0. The fourth-order valence-corrected chi connectivity index (χ4v) is 6.41. The molecule has 4 atom stereocenters. The first kappa shape index (κ1) is 15.7. The number of thiazole rings is 1. The van der Waals surface area contributed by atoms with Crippen LogP contribution in [0, 0.1) is 13.8 Å². The van der Waals surface area contributed by atoms with Crippen LogP contribution in [-0.4, -0.2) is 39.6 Å². The van der Waals surface area contributed by atoms with Gasteiger partial charge in [-0.05, 0) is 20.9 Å². The molecule has 1 aromatic rings. The predicted molar refractivity (Wildman–Crippen MR) is 90.9 cm³/mol. The van der Waals surface area contributed by atoms with Crippen LogP contribution in [0.3, 0.4) is 0 Å². The lowest BCUT2D eigenvalue weighted by Crippen LogP contribution is -2.43. The Morgan fingerprint density at radius 3 is 2.58 bits per heavy atom. The molecule has 0 saturated carbocycles. The van der Waals surface area contributed by atoms with E-state index < -0.39 is 0 Å². The molecule has 2 nitrogen and oxygen atoms in total. The number of aromatic nitrogens is 1. The number of nitrogens with zero attached hydrogens (tertiary/aromatic N) is 1. The molecule has 5 heteroatoms. The molecule has 2 rings (SSSR count). The first-order chi connectivity index (χ1) is 9.01. The summed E-state index contributed by atoms with van der Waals surface area (Å²) in [6.07, 6.45) is 1.06. The zero-order valence-electron chi connectivity index (χ0n) is 12.4. The van der Waals surface area contributed by atoms with Crippen LogP contribution in [0.4, 0.5) is 0 Å². The fraction of sp³-hybridized carbons (Fsp3) is 0.786. The SMILES string of the molecule is CNC(Cc1nc(C)c(C)s1)C1CSC(C)C(C)S1. The van der Waals surface area contributed by atoms with Crippen molar-refractivity contribution < 1.29 is 0 Å². The molecule has 1 aliphatic heterocycles. The molecule has 19 heavy (non-hydrogen) atoms. The van der Waals surface area contributed by atoms with Gasteiger partial charge in [0.25, 0.3) is 0 Å². The van der Waals surface area contributed by atoms with Gasteiger partial charge in [0, 0.05) is 38.8 Å². The van der Waals surface area contributed by atoms with Crippen LogP contribution in [0.2, 0.25) is 0 Å². The Morgan fingerprint density at radius 2 is 2.05 bits per heavy atom. The van der Waals surface area contributed by atoms with Crippen LogP contribution in [0.5, 0.6) is 0 Å². The van der Waals surface area contributed by atoms with Gasteiger partial charge in [-0.3, -0.25) is 0 Å². The van der Waals surface area contributed by atoms with Crippen molar-refractivity contribution in [2.45, 2.75) is 55.9 Å². The van der Waals surface area contributed by atoms with Gasteiger partial charge in [-0.25, -0.2) is 4.98 Å². The largest absolute Gasteiger partial charge is 0.315 e. The summed E-state index contributed by atoms with van der Waals surface area (Å²) in [6.45, 7) is 8.98. The highest BCUT2D eigenvalue weighted by atomic mass is 32.2. The van der Waals surface area contributed by atoms with Crippen molar-refractivity contribution in [3.63, 3.8) is 0 Å². The molecular weight excluding hydrogens is 292 g/mol. The molecule has 1 N–H and O–H groups in total. The maximum absolute atomic E-state index is 4.69. The number of aryl methyl sites for hydroxylation is 2. The summed E-state index contributed by atoms with van der Waals surface area (Å²) in [6, 6.07) is 0.539. The van der Waals surface area contributed by atoms with Crippen molar-refractivity contribution in [3.05, 3.63) is 15.6 Å².